The third-order valence-corrected chi connectivity index (χ3v) is 21.7. The standard InChI is InChI=1S/C80H123N6O36P/c1-39(2)16-14-18-40(3)21-22-42(5)29-32-79(9,10)31-13-12-17-41(4)30-34-110-52(72(103)104)38-112-123(107,108)122-77-67(68(121-78(83)105)80(11,106)69(120-77)70(82)101)119-74-55(85-45(8)89)58(95)65(51(115-74)37-111-75-62(99)59(96)56(93)50(36-87)114-75)117-73-54(84-44(7)88)57(94)64(43(6)113-73)116-76-63(100)60(97)61(98)66(118-76)71(102)86-48(49(90)27-28-53(91)92)20-15-19-46-23-25-47(26-24-46)109-35-33-81/h13,15-16,19,21,23-26,30-31,43,48,50-52,54-69,73-77,87,93-100,106H,5,12,14,17-18,20,22,27-29,32-38,81H2,1-4,6-11H3,(H2,82,101)(H2,83,105)(H,84,88)(H,85,89)(H,86,102)(H,91,92)(H,103,104)(H,107,108)/b19-15+,31-13+,40-21+,41-30-/t43-,48?,50-,51-,52-,54-,55-,56-,57-,58-,59+,60+,61-,62-,63-,64-,65-,66+,67-,68-,69-,73+,74+,75-,76-,77-,80+/m1/s1. The van der Waals surface area contributed by atoms with Crippen LogP contribution in [0.1, 0.15) is 139 Å². The lowest BCUT2D eigenvalue weighted by Crippen LogP contribution is -2.72. The molecule has 28 atom stereocenters. The molecule has 0 bridgehead atoms. The number of aliphatic carboxylic acids is 2. The number of aliphatic hydroxyl groups excluding tert-OH is 9. The van der Waals surface area contributed by atoms with Crippen molar-refractivity contribution in [2.45, 2.75) is 298 Å². The van der Waals surface area contributed by atoms with Crippen molar-refractivity contribution < 1.29 is 175 Å². The van der Waals surface area contributed by atoms with Crippen molar-refractivity contribution in [1.82, 2.24) is 16.0 Å². The van der Waals surface area contributed by atoms with Crippen molar-refractivity contribution in [3.63, 3.8) is 0 Å². The first-order valence-corrected chi connectivity index (χ1v) is 41.6. The largest absolute Gasteiger partial charge is 0.492 e. The predicted octanol–water partition coefficient (Wildman–Crippen LogP) is -0.917. The van der Waals surface area contributed by atoms with Crippen LogP contribution in [-0.2, 0) is 99.3 Å². The summed E-state index contributed by atoms with van der Waals surface area (Å²) in [6, 6.07) is 1.07. The van der Waals surface area contributed by atoms with Gasteiger partial charge in [0.05, 0.1) is 45.0 Å². The Morgan fingerprint density at radius 2 is 1.28 bits per heavy atom. The number of ether oxygens (including phenoxy) is 12. The number of rotatable bonds is 47. The van der Waals surface area contributed by atoms with Crippen LogP contribution in [0.3, 0.4) is 0 Å². The number of allylic oxidation sites excluding steroid dienone is 8. The lowest BCUT2D eigenvalue weighted by molar-refractivity contribution is -0.375. The van der Waals surface area contributed by atoms with E-state index in [-0.39, 0.29) is 31.6 Å². The minimum absolute atomic E-state index is 0.156. The maximum atomic E-state index is 14.2. The number of hydrogen-bond acceptors (Lipinski definition) is 34. The quantitative estimate of drug-likeness (QED) is 0.0277. The number of carboxylic acid groups (broad SMARTS) is 2. The molecule has 42 nitrogen and oxygen atoms in total. The van der Waals surface area contributed by atoms with Crippen molar-refractivity contribution in [1.29, 1.82) is 0 Å². The topological polar surface area (TPSA) is 660 Å². The molecule has 5 aliphatic rings. The van der Waals surface area contributed by atoms with Crippen LogP contribution in [-0.4, -0.2) is 318 Å². The molecule has 6 rings (SSSR count). The fourth-order valence-corrected chi connectivity index (χ4v) is 14.6. The number of amides is 5. The molecule has 123 heavy (non-hydrogen) atoms. The normalized spacial score (nSPS) is 32.4. The summed E-state index contributed by atoms with van der Waals surface area (Å²) in [5.74, 6) is -8.16. The Balaban J connectivity index is 1.26. The van der Waals surface area contributed by atoms with Crippen molar-refractivity contribution in [3.8, 4) is 5.75 Å². The zero-order valence-corrected chi connectivity index (χ0v) is 71.2. The summed E-state index contributed by atoms with van der Waals surface area (Å²) in [4.78, 5) is 116. The van der Waals surface area contributed by atoms with E-state index in [2.05, 4.69) is 75.4 Å². The highest BCUT2D eigenvalue weighted by Crippen LogP contribution is 2.49. The Bertz CT molecular complexity index is 3880. The van der Waals surface area contributed by atoms with Crippen LogP contribution in [0.15, 0.2) is 89.6 Å². The smallest absolute Gasteiger partial charge is 0.474 e. The van der Waals surface area contributed by atoms with Gasteiger partial charge in [-0.3, -0.25) is 37.8 Å². The summed E-state index contributed by atoms with van der Waals surface area (Å²) in [6.07, 6.45) is -34.5. The van der Waals surface area contributed by atoms with Gasteiger partial charge in [0.1, 0.15) is 103 Å². The minimum Gasteiger partial charge on any atom is -0.492 e. The molecule has 0 aliphatic carbocycles. The molecule has 5 aliphatic heterocycles. The Morgan fingerprint density at radius 3 is 1.88 bits per heavy atom. The number of phosphoric ester groups is 1. The second-order valence-electron chi connectivity index (χ2n) is 31.9. The van der Waals surface area contributed by atoms with E-state index in [0.29, 0.717) is 24.2 Å². The van der Waals surface area contributed by atoms with Crippen molar-refractivity contribution in [2.75, 3.05) is 39.6 Å². The van der Waals surface area contributed by atoms with E-state index in [0.717, 1.165) is 64.0 Å². The fraction of sp³-hybridized carbons (Fsp3) is 0.675. The van der Waals surface area contributed by atoms with Crippen molar-refractivity contribution in [2.24, 2.45) is 22.6 Å². The van der Waals surface area contributed by atoms with Crippen LogP contribution in [0.25, 0.3) is 6.08 Å². The molecule has 0 spiro atoms. The van der Waals surface area contributed by atoms with E-state index < -0.39 is 253 Å². The summed E-state index contributed by atoms with van der Waals surface area (Å²) in [7, 11) is -5.88. The summed E-state index contributed by atoms with van der Waals surface area (Å²) in [5, 5.41) is 140. The number of carbonyl (C=O) groups excluding carboxylic acids is 6. The molecule has 43 heteroatoms. The Hall–Kier alpha value is -7.51. The molecule has 0 aromatic heterocycles. The number of nitrogens with one attached hydrogen (secondary N) is 3. The number of nitrogens with two attached hydrogens (primary N) is 3. The van der Waals surface area contributed by atoms with Crippen LogP contribution >= 0.6 is 7.82 Å². The number of benzene rings is 1. The van der Waals surface area contributed by atoms with Gasteiger partial charge in [0.15, 0.2) is 67.8 Å². The number of Topliss-reactive ketones (excluding diaryl/α,β-unsaturated/α-hetero) is 1. The molecule has 1 aromatic rings. The van der Waals surface area contributed by atoms with E-state index >= 15 is 0 Å². The van der Waals surface area contributed by atoms with Crippen LogP contribution in [0.5, 0.6) is 5.75 Å². The molecule has 0 saturated carbocycles. The van der Waals surface area contributed by atoms with E-state index in [1.807, 2.05) is 6.08 Å². The van der Waals surface area contributed by atoms with Crippen LogP contribution in [0, 0.1) is 5.41 Å². The monoisotopic (exact) mass is 1770 g/mol. The van der Waals surface area contributed by atoms with Gasteiger partial charge in [0.25, 0.3) is 5.91 Å². The number of carbonyl (C=O) groups is 8. The van der Waals surface area contributed by atoms with Gasteiger partial charge in [-0.05, 0) is 116 Å². The number of carboxylic acids is 2. The predicted molar refractivity (Wildman–Crippen MR) is 428 cm³/mol. The Kier molecular flexibility index (Phi) is 41.1. The number of aliphatic hydroxyl groups is 10. The lowest BCUT2D eigenvalue weighted by Gasteiger charge is -2.52. The molecule has 1 aromatic carbocycles. The van der Waals surface area contributed by atoms with Crippen molar-refractivity contribution in [3.05, 3.63) is 95.2 Å². The summed E-state index contributed by atoms with van der Waals surface area (Å²) in [5.41, 5.74) is 18.7. The first-order valence-electron chi connectivity index (χ1n) is 40.1. The van der Waals surface area contributed by atoms with Gasteiger partial charge in [-0.25, -0.2) is 14.2 Å². The number of primary amides is 2. The minimum atomic E-state index is -5.88. The van der Waals surface area contributed by atoms with Crippen LogP contribution in [0.4, 0.5) is 4.79 Å². The van der Waals surface area contributed by atoms with E-state index in [1.165, 1.54) is 24.1 Å². The molecule has 5 saturated heterocycles. The molecule has 5 heterocycles. The van der Waals surface area contributed by atoms with E-state index in [9.17, 15) is 109 Å². The number of hydrogen-bond donors (Lipinski definition) is 19. The maximum Gasteiger partial charge on any atom is 0.474 e. The van der Waals surface area contributed by atoms with Gasteiger partial charge >= 0.3 is 25.9 Å². The number of phosphoric acid groups is 1. The zero-order valence-electron chi connectivity index (χ0n) is 70.3. The maximum absolute atomic E-state index is 14.2. The third-order valence-electron chi connectivity index (χ3n) is 20.7. The molecule has 5 amide bonds. The van der Waals surface area contributed by atoms with Gasteiger partial charge in [-0.15, -0.1) is 0 Å². The van der Waals surface area contributed by atoms with Gasteiger partial charge in [0.2, 0.25) is 17.7 Å². The highest BCUT2D eigenvalue weighted by molar-refractivity contribution is 7.47. The Labute approximate surface area is 711 Å². The third kappa shape index (κ3) is 31.5. The molecule has 5 fully saturated rings. The average Bonchev–Trinajstić information content (AvgIpc) is 0.749. The highest BCUT2D eigenvalue weighted by atomic mass is 31.2. The average molecular weight is 1780 g/mol. The first kappa shape index (κ1) is 104. The summed E-state index contributed by atoms with van der Waals surface area (Å²) >= 11 is 0. The van der Waals surface area contributed by atoms with Crippen LogP contribution < -0.4 is 37.9 Å². The number of ketones is 1. The molecule has 694 valence electrons. The second-order valence-corrected chi connectivity index (χ2v) is 33.3. The van der Waals surface area contributed by atoms with E-state index in [1.54, 1.807) is 43.3 Å². The second kappa shape index (κ2) is 48.4. The van der Waals surface area contributed by atoms with Crippen molar-refractivity contribution >= 4 is 61.3 Å². The summed E-state index contributed by atoms with van der Waals surface area (Å²) < 4.78 is 95.2. The molecular weight excluding hydrogens is 1650 g/mol. The first-order chi connectivity index (χ1) is 57.7. The van der Waals surface area contributed by atoms with Gasteiger partial charge in [-0.1, -0.05) is 97.4 Å². The van der Waals surface area contributed by atoms with Gasteiger partial charge in [-0.2, -0.15) is 0 Å². The fourth-order valence-electron chi connectivity index (χ4n) is 13.8. The van der Waals surface area contributed by atoms with Gasteiger partial charge in [0, 0.05) is 26.8 Å². The Morgan fingerprint density at radius 1 is 0.683 bits per heavy atom. The van der Waals surface area contributed by atoms with Crippen LogP contribution in [0.2, 0.25) is 0 Å². The van der Waals surface area contributed by atoms with E-state index in [4.69, 9.17) is 83.1 Å². The SMILES string of the molecule is C=C(C/C=C(\C)CCC=C(C)C)CCC(C)(C)/C=C/CC/C(C)=C\CO[C@H](COP(=O)(O)O[C@H]1O[C@H](C(N)=O)[C@@](C)(O)[C@H](OC(N)=O)[C@H]1O[C@@H]1O[C@H](CO[C@@H]2O[C@H](CO)[C@@H](O)[C@H](O)[C@H]2O)[C@@H](O[C@@H]2O[C@H](C)[C@@H](O[C@@H]3O[C@H](C(=O)NC(C/C=C/c4ccc(OCCN)cc4)C(=O)CCC(=O)O)[C@H](O)[C@H](O)[C@H]3O)[C@H](O)[C@H]2NC(C)=O)[C@H](O)[C@H]1NC(C)=O)C(=O)O. The summed E-state index contributed by atoms with van der Waals surface area (Å²) in [6.45, 7) is 17.2. The molecular formula is C80H123N6O36P. The lowest BCUT2D eigenvalue weighted by atomic mass is 9.85. The molecule has 2 unspecified atom stereocenters. The molecule has 0 radical (unpaired) electrons. The van der Waals surface area contributed by atoms with Gasteiger partial charge < -0.3 is 156 Å². The zero-order chi connectivity index (χ0) is 91.7. The highest BCUT2D eigenvalue weighted by Gasteiger charge is 2.63. The molecule has 22 N–H and O–H groups in total.